The molecule has 0 saturated heterocycles. The van der Waals surface area contributed by atoms with Gasteiger partial charge in [-0.25, -0.2) is 0 Å². The molecule has 0 N–H and O–H groups in total. The smallest absolute Gasteiger partial charge is 0.327 e. The zero-order valence-electron chi connectivity index (χ0n) is 8.97. The van der Waals surface area contributed by atoms with Crippen LogP contribution in [-0.4, -0.2) is 41.7 Å². The molecule has 0 heterocycles. The van der Waals surface area contributed by atoms with Gasteiger partial charge in [0.25, 0.3) is 0 Å². The van der Waals surface area contributed by atoms with Gasteiger partial charge >= 0.3 is 12.1 Å². The molecule has 0 rings (SSSR count). The summed E-state index contributed by atoms with van der Waals surface area (Å²) in [4.78, 5) is 22.4. The standard InChI is InChI=1S/C9H13ClF3NO2/c1-6(2)4-14(5-7(15)3-10)8(16)9(11,12)13/h6H,3-5H2,1-2H3. The van der Waals surface area contributed by atoms with Gasteiger partial charge in [-0.15, -0.1) is 11.6 Å². The van der Waals surface area contributed by atoms with Gasteiger partial charge in [-0.1, -0.05) is 13.8 Å². The lowest BCUT2D eigenvalue weighted by Gasteiger charge is -2.24. The number of Topliss-reactive ketones (excluding diaryl/α,β-unsaturated/α-hetero) is 1. The lowest BCUT2D eigenvalue weighted by Crippen LogP contribution is -2.45. The Bertz CT molecular complexity index is 266. The first kappa shape index (κ1) is 15.2. The summed E-state index contributed by atoms with van der Waals surface area (Å²) in [5.74, 6) is -3.17. The molecule has 0 fully saturated rings. The Morgan fingerprint density at radius 1 is 1.31 bits per heavy atom. The van der Waals surface area contributed by atoms with Gasteiger partial charge in [0.1, 0.15) is 0 Å². The molecule has 0 aromatic rings. The third kappa shape index (κ3) is 5.34. The average Bonchev–Trinajstić information content (AvgIpc) is 2.13. The molecule has 3 nitrogen and oxygen atoms in total. The molecule has 0 bridgehead atoms. The molecule has 0 spiro atoms. The van der Waals surface area contributed by atoms with Crippen LogP contribution in [0.3, 0.4) is 0 Å². The molecular formula is C9H13ClF3NO2. The highest BCUT2D eigenvalue weighted by Gasteiger charge is 2.42. The minimum absolute atomic E-state index is 0.124. The van der Waals surface area contributed by atoms with Crippen LogP contribution in [0.5, 0.6) is 0 Å². The second kappa shape index (κ2) is 6.08. The summed E-state index contributed by atoms with van der Waals surface area (Å²) < 4.78 is 36.5. The quantitative estimate of drug-likeness (QED) is 0.707. The van der Waals surface area contributed by atoms with E-state index in [1.807, 2.05) is 0 Å². The Morgan fingerprint density at radius 3 is 2.12 bits per heavy atom. The summed E-state index contributed by atoms with van der Waals surface area (Å²) in [5, 5.41) is 0. The predicted octanol–water partition coefficient (Wildman–Crippen LogP) is 1.84. The Kier molecular flexibility index (Phi) is 5.78. The largest absolute Gasteiger partial charge is 0.471 e. The van der Waals surface area contributed by atoms with Crippen LogP contribution in [0.4, 0.5) is 13.2 Å². The van der Waals surface area contributed by atoms with Gasteiger partial charge in [-0.3, -0.25) is 9.59 Å². The summed E-state index contributed by atoms with van der Waals surface area (Å²) >= 11 is 5.18. The Morgan fingerprint density at radius 2 is 1.81 bits per heavy atom. The highest BCUT2D eigenvalue weighted by molar-refractivity contribution is 6.28. The fraction of sp³-hybridized carbons (Fsp3) is 0.778. The number of halogens is 4. The van der Waals surface area contributed by atoms with Crippen molar-refractivity contribution in [2.45, 2.75) is 20.0 Å². The zero-order chi connectivity index (χ0) is 12.9. The predicted molar refractivity (Wildman–Crippen MR) is 53.2 cm³/mol. The van der Waals surface area contributed by atoms with Crippen LogP contribution < -0.4 is 0 Å². The molecule has 0 radical (unpaired) electrons. The number of hydrogen-bond donors (Lipinski definition) is 0. The van der Waals surface area contributed by atoms with Gasteiger partial charge < -0.3 is 4.90 Å². The Labute approximate surface area is 96.5 Å². The van der Waals surface area contributed by atoms with Crippen molar-refractivity contribution in [1.29, 1.82) is 0 Å². The molecular weight excluding hydrogens is 247 g/mol. The van der Waals surface area contributed by atoms with Gasteiger partial charge in [0.2, 0.25) is 0 Å². The summed E-state index contributed by atoms with van der Waals surface area (Å²) in [6.45, 7) is 2.59. The number of carbonyl (C=O) groups is 2. The van der Waals surface area contributed by atoms with Crippen molar-refractivity contribution in [2.75, 3.05) is 19.0 Å². The van der Waals surface area contributed by atoms with Crippen LogP contribution in [0.2, 0.25) is 0 Å². The van der Waals surface area contributed by atoms with E-state index in [1.54, 1.807) is 13.8 Å². The second-order valence-electron chi connectivity index (χ2n) is 3.75. The molecule has 0 saturated carbocycles. The monoisotopic (exact) mass is 259 g/mol. The lowest BCUT2D eigenvalue weighted by molar-refractivity contribution is -0.186. The van der Waals surface area contributed by atoms with E-state index >= 15 is 0 Å². The maximum Gasteiger partial charge on any atom is 0.471 e. The number of nitrogens with zero attached hydrogens (tertiary/aromatic N) is 1. The fourth-order valence-electron chi connectivity index (χ4n) is 1.09. The summed E-state index contributed by atoms with van der Waals surface area (Å²) in [5.41, 5.74) is 0. The number of hydrogen-bond acceptors (Lipinski definition) is 2. The van der Waals surface area contributed by atoms with E-state index in [0.29, 0.717) is 4.90 Å². The third-order valence-corrected chi connectivity index (χ3v) is 1.93. The number of ketones is 1. The van der Waals surface area contributed by atoms with Crippen LogP contribution in [0, 0.1) is 5.92 Å². The van der Waals surface area contributed by atoms with Gasteiger partial charge in [0.15, 0.2) is 5.78 Å². The van der Waals surface area contributed by atoms with E-state index in [1.165, 1.54) is 0 Å². The SMILES string of the molecule is CC(C)CN(CC(=O)CCl)C(=O)C(F)(F)F. The number of alkyl halides is 4. The molecule has 94 valence electrons. The normalized spacial score (nSPS) is 11.7. The molecule has 7 heteroatoms. The van der Waals surface area contributed by atoms with E-state index in [-0.39, 0.29) is 12.5 Å². The van der Waals surface area contributed by atoms with Crippen molar-refractivity contribution in [3.8, 4) is 0 Å². The summed E-state index contributed by atoms with van der Waals surface area (Å²) in [6, 6.07) is 0. The van der Waals surface area contributed by atoms with Crippen LogP contribution in [-0.2, 0) is 9.59 Å². The number of carbonyl (C=O) groups excluding carboxylic acids is 2. The summed E-state index contributed by atoms with van der Waals surface area (Å²) in [6.07, 6.45) is -4.96. The number of rotatable bonds is 5. The second-order valence-corrected chi connectivity index (χ2v) is 4.02. The lowest BCUT2D eigenvalue weighted by atomic mass is 10.2. The molecule has 0 aliphatic rings. The molecule has 0 aromatic carbocycles. The van der Waals surface area contributed by atoms with Gasteiger partial charge in [-0.2, -0.15) is 13.2 Å². The first-order valence-corrected chi connectivity index (χ1v) is 5.15. The van der Waals surface area contributed by atoms with Crippen molar-refractivity contribution < 1.29 is 22.8 Å². The average molecular weight is 260 g/mol. The van der Waals surface area contributed by atoms with Crippen LogP contribution in [0.1, 0.15) is 13.8 Å². The maximum atomic E-state index is 12.2. The molecule has 0 unspecified atom stereocenters. The van der Waals surface area contributed by atoms with Gasteiger partial charge in [0, 0.05) is 6.54 Å². The van der Waals surface area contributed by atoms with Crippen molar-refractivity contribution in [3.63, 3.8) is 0 Å². The van der Waals surface area contributed by atoms with Gasteiger partial charge in [-0.05, 0) is 5.92 Å². The van der Waals surface area contributed by atoms with E-state index in [0.717, 1.165) is 0 Å². The fourth-order valence-corrected chi connectivity index (χ4v) is 1.18. The van der Waals surface area contributed by atoms with Crippen LogP contribution in [0.25, 0.3) is 0 Å². The number of amides is 1. The topological polar surface area (TPSA) is 37.4 Å². The van der Waals surface area contributed by atoms with Crippen LogP contribution in [0.15, 0.2) is 0 Å². The van der Waals surface area contributed by atoms with E-state index < -0.39 is 30.3 Å². The minimum Gasteiger partial charge on any atom is -0.327 e. The molecule has 0 atom stereocenters. The molecule has 0 aliphatic carbocycles. The highest BCUT2D eigenvalue weighted by Crippen LogP contribution is 2.19. The molecule has 1 amide bonds. The van der Waals surface area contributed by atoms with Crippen molar-refractivity contribution in [3.05, 3.63) is 0 Å². The molecule has 16 heavy (non-hydrogen) atoms. The minimum atomic E-state index is -4.96. The zero-order valence-corrected chi connectivity index (χ0v) is 9.73. The third-order valence-electron chi connectivity index (χ3n) is 1.63. The highest BCUT2D eigenvalue weighted by atomic mass is 35.5. The van der Waals surface area contributed by atoms with E-state index in [4.69, 9.17) is 11.6 Å². The Balaban J connectivity index is 4.67. The maximum absolute atomic E-state index is 12.2. The van der Waals surface area contributed by atoms with Gasteiger partial charge in [0.05, 0.1) is 12.4 Å². The van der Waals surface area contributed by atoms with Crippen molar-refractivity contribution in [2.24, 2.45) is 5.92 Å². The molecule has 0 aliphatic heterocycles. The Hall–Kier alpha value is -0.780. The first-order valence-electron chi connectivity index (χ1n) is 4.62. The van der Waals surface area contributed by atoms with Crippen molar-refractivity contribution >= 4 is 23.3 Å². The summed E-state index contributed by atoms with van der Waals surface area (Å²) in [7, 11) is 0. The van der Waals surface area contributed by atoms with E-state index in [9.17, 15) is 22.8 Å². The van der Waals surface area contributed by atoms with Crippen molar-refractivity contribution in [1.82, 2.24) is 4.90 Å². The molecule has 0 aromatic heterocycles. The van der Waals surface area contributed by atoms with Crippen LogP contribution >= 0.6 is 11.6 Å². The first-order chi connectivity index (χ1) is 7.18. The van der Waals surface area contributed by atoms with E-state index in [2.05, 4.69) is 0 Å².